The number of rotatable bonds is 4. The molecule has 0 aliphatic carbocycles. The zero-order valence-electron chi connectivity index (χ0n) is 11.1. The first-order chi connectivity index (χ1) is 9.10. The van der Waals surface area contributed by atoms with Crippen molar-refractivity contribution < 1.29 is 4.79 Å². The lowest BCUT2D eigenvalue weighted by Gasteiger charge is -2.30. The Labute approximate surface area is 117 Å². The molecule has 1 aliphatic heterocycles. The third kappa shape index (κ3) is 3.47. The van der Waals surface area contributed by atoms with Crippen LogP contribution in [0.4, 0.5) is 11.8 Å². The van der Waals surface area contributed by atoms with Gasteiger partial charge in [0.25, 0.3) is 0 Å². The van der Waals surface area contributed by atoms with Crippen LogP contribution in [-0.4, -0.2) is 47.0 Å². The Morgan fingerprint density at radius 1 is 1.58 bits per heavy atom. The summed E-state index contributed by atoms with van der Waals surface area (Å²) >= 11 is 6.08. The summed E-state index contributed by atoms with van der Waals surface area (Å²) in [6.07, 6.45) is 2.92. The zero-order chi connectivity index (χ0) is 13.8. The highest BCUT2D eigenvalue weighted by Gasteiger charge is 2.23. The van der Waals surface area contributed by atoms with Crippen LogP contribution in [0.2, 0.25) is 5.02 Å². The largest absolute Gasteiger partial charge is 0.364 e. The number of hydrogen-bond donors (Lipinski definition) is 2. The van der Waals surface area contributed by atoms with E-state index in [1.807, 2.05) is 14.0 Å². The van der Waals surface area contributed by atoms with Gasteiger partial charge in [-0.15, -0.1) is 0 Å². The Hall–Kier alpha value is -1.56. The molecule has 7 heteroatoms. The number of aromatic nitrogens is 2. The van der Waals surface area contributed by atoms with Crippen LogP contribution in [0.1, 0.15) is 19.8 Å². The van der Waals surface area contributed by atoms with Crippen LogP contribution in [-0.2, 0) is 4.79 Å². The number of anilines is 2. The molecule has 1 unspecified atom stereocenters. The summed E-state index contributed by atoms with van der Waals surface area (Å²) < 4.78 is 0. The van der Waals surface area contributed by atoms with Gasteiger partial charge >= 0.3 is 0 Å². The lowest BCUT2D eigenvalue weighted by molar-refractivity contribution is -0.132. The average Bonchev–Trinajstić information content (AvgIpc) is 2.38. The fraction of sp³-hybridized carbons (Fsp3) is 0.583. The summed E-state index contributed by atoms with van der Waals surface area (Å²) in [4.78, 5) is 21.6. The van der Waals surface area contributed by atoms with E-state index in [2.05, 4.69) is 20.6 Å². The molecule has 1 aromatic rings. The molecule has 1 aliphatic rings. The van der Waals surface area contributed by atoms with Crippen molar-refractivity contribution in [1.29, 1.82) is 0 Å². The standard InChI is InChI=1S/C12H18ClN5O/c1-3-14-12-15-6-9(13)11(17-12)16-8-4-5-10(19)18(2)7-8/h6,8H,3-5,7H2,1-2H3,(H2,14,15,16,17). The van der Waals surface area contributed by atoms with Crippen molar-refractivity contribution in [3.05, 3.63) is 11.2 Å². The topological polar surface area (TPSA) is 70.2 Å². The number of amides is 1. The van der Waals surface area contributed by atoms with Gasteiger partial charge < -0.3 is 15.5 Å². The maximum Gasteiger partial charge on any atom is 0.224 e. The van der Waals surface area contributed by atoms with Crippen LogP contribution in [0.15, 0.2) is 6.20 Å². The molecule has 0 spiro atoms. The molecule has 1 amide bonds. The van der Waals surface area contributed by atoms with E-state index >= 15 is 0 Å². The van der Waals surface area contributed by atoms with Crippen molar-refractivity contribution >= 4 is 29.3 Å². The highest BCUT2D eigenvalue weighted by molar-refractivity contribution is 6.32. The second kappa shape index (κ2) is 6.06. The normalized spacial score (nSPS) is 19.4. The molecule has 0 aromatic carbocycles. The lowest BCUT2D eigenvalue weighted by atomic mass is 10.1. The summed E-state index contributed by atoms with van der Waals surface area (Å²) in [7, 11) is 1.81. The Bertz CT molecular complexity index is 467. The van der Waals surface area contributed by atoms with Gasteiger partial charge in [0, 0.05) is 32.6 Å². The number of carbonyl (C=O) groups excluding carboxylic acids is 1. The second-order valence-corrected chi connectivity index (χ2v) is 4.98. The van der Waals surface area contributed by atoms with E-state index < -0.39 is 0 Å². The van der Waals surface area contributed by atoms with Gasteiger partial charge in [0.15, 0.2) is 5.82 Å². The zero-order valence-corrected chi connectivity index (χ0v) is 11.9. The first-order valence-electron chi connectivity index (χ1n) is 6.37. The van der Waals surface area contributed by atoms with E-state index in [1.165, 1.54) is 0 Å². The van der Waals surface area contributed by atoms with Gasteiger partial charge in [0.2, 0.25) is 11.9 Å². The second-order valence-electron chi connectivity index (χ2n) is 4.57. The van der Waals surface area contributed by atoms with E-state index in [4.69, 9.17) is 11.6 Å². The van der Waals surface area contributed by atoms with Crippen molar-refractivity contribution in [1.82, 2.24) is 14.9 Å². The van der Waals surface area contributed by atoms with Crippen LogP contribution in [0.5, 0.6) is 0 Å². The molecule has 0 saturated carbocycles. The molecule has 104 valence electrons. The van der Waals surface area contributed by atoms with Gasteiger partial charge in [0.1, 0.15) is 5.02 Å². The van der Waals surface area contributed by atoms with Crippen molar-refractivity contribution in [2.24, 2.45) is 0 Å². The third-order valence-electron chi connectivity index (χ3n) is 3.05. The third-order valence-corrected chi connectivity index (χ3v) is 3.32. The SMILES string of the molecule is CCNc1ncc(Cl)c(NC2CCC(=O)N(C)C2)n1. The van der Waals surface area contributed by atoms with E-state index in [-0.39, 0.29) is 11.9 Å². The molecular formula is C12H18ClN5O. The molecule has 0 radical (unpaired) electrons. The Balaban J connectivity index is 2.05. The van der Waals surface area contributed by atoms with E-state index in [1.54, 1.807) is 11.1 Å². The van der Waals surface area contributed by atoms with Gasteiger partial charge in [-0.25, -0.2) is 4.98 Å². The minimum absolute atomic E-state index is 0.171. The van der Waals surface area contributed by atoms with Crippen molar-refractivity contribution in [2.45, 2.75) is 25.8 Å². The molecule has 0 bridgehead atoms. The maximum atomic E-state index is 11.4. The molecule has 1 atom stereocenters. The summed E-state index contributed by atoms with van der Waals surface area (Å²) in [5.74, 6) is 1.34. The minimum Gasteiger partial charge on any atom is -0.364 e. The fourth-order valence-electron chi connectivity index (χ4n) is 2.04. The van der Waals surface area contributed by atoms with E-state index in [0.717, 1.165) is 13.0 Å². The Morgan fingerprint density at radius 3 is 3.05 bits per heavy atom. The number of nitrogens with one attached hydrogen (secondary N) is 2. The molecule has 2 N–H and O–H groups in total. The number of nitrogens with zero attached hydrogens (tertiary/aromatic N) is 3. The number of carbonyl (C=O) groups is 1. The van der Waals surface area contributed by atoms with Crippen molar-refractivity contribution in [2.75, 3.05) is 30.8 Å². The Kier molecular flexibility index (Phi) is 4.42. The molecular weight excluding hydrogens is 266 g/mol. The number of halogens is 1. The van der Waals surface area contributed by atoms with Gasteiger partial charge in [0.05, 0.1) is 6.20 Å². The number of piperidine rings is 1. The van der Waals surface area contributed by atoms with Gasteiger partial charge in [-0.2, -0.15) is 4.98 Å². The summed E-state index contributed by atoms with van der Waals surface area (Å²) in [5, 5.41) is 6.81. The molecule has 1 fully saturated rings. The monoisotopic (exact) mass is 283 g/mol. The fourth-order valence-corrected chi connectivity index (χ4v) is 2.18. The van der Waals surface area contributed by atoms with Crippen LogP contribution >= 0.6 is 11.6 Å². The molecule has 1 aromatic heterocycles. The Morgan fingerprint density at radius 2 is 2.37 bits per heavy atom. The smallest absolute Gasteiger partial charge is 0.224 e. The van der Waals surface area contributed by atoms with Crippen LogP contribution in [0.3, 0.4) is 0 Å². The predicted molar refractivity (Wildman–Crippen MR) is 75.5 cm³/mol. The number of hydrogen-bond acceptors (Lipinski definition) is 5. The summed E-state index contributed by atoms with van der Waals surface area (Å²) in [5.41, 5.74) is 0. The van der Waals surface area contributed by atoms with Crippen LogP contribution < -0.4 is 10.6 Å². The predicted octanol–water partition coefficient (Wildman–Crippen LogP) is 1.59. The minimum atomic E-state index is 0.171. The molecule has 6 nitrogen and oxygen atoms in total. The van der Waals surface area contributed by atoms with Crippen LogP contribution in [0, 0.1) is 0 Å². The summed E-state index contributed by atoms with van der Waals surface area (Å²) in [6, 6.07) is 0.171. The average molecular weight is 284 g/mol. The molecule has 19 heavy (non-hydrogen) atoms. The maximum absolute atomic E-state index is 11.4. The van der Waals surface area contributed by atoms with Crippen LogP contribution in [0.25, 0.3) is 0 Å². The molecule has 2 heterocycles. The highest BCUT2D eigenvalue weighted by Crippen LogP contribution is 2.22. The molecule has 2 rings (SSSR count). The van der Waals surface area contributed by atoms with Crippen molar-refractivity contribution in [3.63, 3.8) is 0 Å². The van der Waals surface area contributed by atoms with E-state index in [0.29, 0.717) is 29.8 Å². The molecule has 1 saturated heterocycles. The van der Waals surface area contributed by atoms with Gasteiger partial charge in [-0.05, 0) is 13.3 Å². The summed E-state index contributed by atoms with van der Waals surface area (Å²) in [6.45, 7) is 3.39. The number of likely N-dealkylation sites (N-methyl/N-ethyl adjacent to an activating group) is 1. The highest BCUT2D eigenvalue weighted by atomic mass is 35.5. The first kappa shape index (κ1) is 13.9. The van der Waals surface area contributed by atoms with E-state index in [9.17, 15) is 4.79 Å². The quantitative estimate of drug-likeness (QED) is 0.878. The van der Waals surface area contributed by atoms with Gasteiger partial charge in [-0.1, -0.05) is 11.6 Å². The lowest BCUT2D eigenvalue weighted by Crippen LogP contribution is -2.43. The first-order valence-corrected chi connectivity index (χ1v) is 6.75. The number of likely N-dealkylation sites (tertiary alicyclic amines) is 1. The van der Waals surface area contributed by atoms with Gasteiger partial charge in [-0.3, -0.25) is 4.79 Å². The van der Waals surface area contributed by atoms with Crippen molar-refractivity contribution in [3.8, 4) is 0 Å².